The van der Waals surface area contributed by atoms with E-state index in [9.17, 15) is 20.0 Å². The number of benzene rings is 1. The van der Waals surface area contributed by atoms with Crippen molar-refractivity contribution in [1.82, 2.24) is 4.98 Å². The standard InChI is InChI=1S/C14H12N2O5/c1-8-5-6-15-13(12(8)14(17)18)21-10-3-4-11(16(19)20)9(2)7-10/h3-7H,1-2H3,(H,17,18). The Morgan fingerprint density at radius 3 is 2.57 bits per heavy atom. The van der Waals surface area contributed by atoms with Crippen LogP contribution in [-0.4, -0.2) is 21.0 Å². The topological polar surface area (TPSA) is 103 Å². The van der Waals surface area contributed by atoms with Crippen LogP contribution in [0.5, 0.6) is 11.6 Å². The molecule has 0 aliphatic rings. The SMILES string of the molecule is Cc1cc(Oc2nccc(C)c2C(=O)O)ccc1[N+](=O)[O-]. The second kappa shape index (κ2) is 5.58. The minimum absolute atomic E-state index is 0.0296. The van der Waals surface area contributed by atoms with Gasteiger partial charge in [-0.25, -0.2) is 9.78 Å². The van der Waals surface area contributed by atoms with E-state index in [1.165, 1.54) is 24.4 Å². The van der Waals surface area contributed by atoms with Crippen LogP contribution in [0, 0.1) is 24.0 Å². The van der Waals surface area contributed by atoms with Gasteiger partial charge in [0, 0.05) is 17.8 Å². The fourth-order valence-electron chi connectivity index (χ4n) is 1.88. The summed E-state index contributed by atoms with van der Waals surface area (Å²) >= 11 is 0. The zero-order valence-electron chi connectivity index (χ0n) is 11.4. The van der Waals surface area contributed by atoms with Gasteiger partial charge < -0.3 is 9.84 Å². The molecule has 1 aromatic heterocycles. The zero-order chi connectivity index (χ0) is 15.6. The molecule has 21 heavy (non-hydrogen) atoms. The van der Waals surface area contributed by atoms with Crippen LogP contribution in [0.3, 0.4) is 0 Å². The molecule has 0 aliphatic carbocycles. The molecule has 0 unspecified atom stereocenters. The number of pyridine rings is 1. The highest BCUT2D eigenvalue weighted by Gasteiger charge is 2.17. The Labute approximate surface area is 120 Å². The Hall–Kier alpha value is -2.96. The normalized spacial score (nSPS) is 10.2. The fraction of sp³-hybridized carbons (Fsp3) is 0.143. The Bertz CT molecular complexity index is 727. The van der Waals surface area contributed by atoms with Gasteiger partial charge in [-0.1, -0.05) is 0 Å². The van der Waals surface area contributed by atoms with Gasteiger partial charge in [0.2, 0.25) is 5.88 Å². The Kier molecular flexibility index (Phi) is 3.84. The maximum absolute atomic E-state index is 11.2. The summed E-state index contributed by atoms with van der Waals surface area (Å²) in [6.07, 6.45) is 1.44. The number of hydrogen-bond donors (Lipinski definition) is 1. The molecule has 1 heterocycles. The highest BCUT2D eigenvalue weighted by Crippen LogP contribution is 2.28. The molecule has 0 spiro atoms. The van der Waals surface area contributed by atoms with Crippen molar-refractivity contribution in [3.05, 3.63) is 57.3 Å². The molecule has 0 bridgehead atoms. The van der Waals surface area contributed by atoms with Crippen molar-refractivity contribution in [2.24, 2.45) is 0 Å². The van der Waals surface area contributed by atoms with E-state index in [1.807, 2.05) is 0 Å². The lowest BCUT2D eigenvalue weighted by Gasteiger charge is -2.09. The lowest BCUT2D eigenvalue weighted by molar-refractivity contribution is -0.385. The Morgan fingerprint density at radius 2 is 2.00 bits per heavy atom. The summed E-state index contributed by atoms with van der Waals surface area (Å²) in [5.41, 5.74) is 0.875. The number of ether oxygens (including phenoxy) is 1. The number of carbonyl (C=O) groups is 1. The molecule has 0 radical (unpaired) electrons. The third kappa shape index (κ3) is 2.97. The first-order valence-corrected chi connectivity index (χ1v) is 6.02. The third-order valence-corrected chi connectivity index (χ3v) is 2.92. The second-order valence-corrected chi connectivity index (χ2v) is 4.42. The van der Waals surface area contributed by atoms with Crippen molar-refractivity contribution in [3.8, 4) is 11.6 Å². The number of rotatable bonds is 4. The summed E-state index contributed by atoms with van der Waals surface area (Å²) < 4.78 is 5.45. The first-order chi connectivity index (χ1) is 9.90. The van der Waals surface area contributed by atoms with Gasteiger partial charge in [-0.3, -0.25) is 10.1 Å². The molecule has 2 rings (SSSR count). The van der Waals surface area contributed by atoms with Crippen molar-refractivity contribution >= 4 is 11.7 Å². The van der Waals surface area contributed by atoms with Gasteiger partial charge in [0.25, 0.3) is 5.69 Å². The smallest absolute Gasteiger partial charge is 0.341 e. The number of nitrogens with zero attached hydrogens (tertiary/aromatic N) is 2. The first kappa shape index (κ1) is 14.4. The van der Waals surface area contributed by atoms with E-state index in [1.54, 1.807) is 19.9 Å². The molecule has 108 valence electrons. The summed E-state index contributed by atoms with van der Waals surface area (Å²) in [7, 11) is 0. The Balaban J connectivity index is 2.39. The van der Waals surface area contributed by atoms with Gasteiger partial charge in [0.15, 0.2) is 0 Å². The van der Waals surface area contributed by atoms with Crippen LogP contribution >= 0.6 is 0 Å². The van der Waals surface area contributed by atoms with E-state index >= 15 is 0 Å². The lowest BCUT2D eigenvalue weighted by atomic mass is 10.1. The Morgan fingerprint density at radius 1 is 1.29 bits per heavy atom. The summed E-state index contributed by atoms with van der Waals surface area (Å²) in [5, 5.41) is 19.9. The van der Waals surface area contributed by atoms with E-state index < -0.39 is 10.9 Å². The maximum atomic E-state index is 11.2. The predicted octanol–water partition coefficient (Wildman–Crippen LogP) is 3.10. The van der Waals surface area contributed by atoms with Crippen molar-refractivity contribution in [2.75, 3.05) is 0 Å². The van der Waals surface area contributed by atoms with Gasteiger partial charge in [-0.05, 0) is 37.6 Å². The molecular formula is C14H12N2O5. The molecule has 7 heteroatoms. The molecule has 0 atom stereocenters. The van der Waals surface area contributed by atoms with Crippen molar-refractivity contribution in [2.45, 2.75) is 13.8 Å². The number of carboxylic acids is 1. The van der Waals surface area contributed by atoms with E-state index in [0.29, 0.717) is 16.9 Å². The quantitative estimate of drug-likeness (QED) is 0.685. The minimum atomic E-state index is -1.14. The highest BCUT2D eigenvalue weighted by molar-refractivity contribution is 5.91. The van der Waals surface area contributed by atoms with Crippen molar-refractivity contribution in [1.29, 1.82) is 0 Å². The average Bonchev–Trinajstić information content (AvgIpc) is 2.37. The van der Waals surface area contributed by atoms with Gasteiger partial charge in [-0.15, -0.1) is 0 Å². The summed E-state index contributed by atoms with van der Waals surface area (Å²) in [6, 6.07) is 5.74. The lowest BCUT2D eigenvalue weighted by Crippen LogP contribution is -2.04. The predicted molar refractivity (Wildman–Crippen MR) is 73.8 cm³/mol. The number of aryl methyl sites for hydroxylation is 2. The van der Waals surface area contributed by atoms with E-state index in [0.717, 1.165) is 0 Å². The van der Waals surface area contributed by atoms with Crippen molar-refractivity contribution in [3.63, 3.8) is 0 Å². The average molecular weight is 288 g/mol. The van der Waals surface area contributed by atoms with Gasteiger partial charge in [0.1, 0.15) is 11.3 Å². The third-order valence-electron chi connectivity index (χ3n) is 2.92. The van der Waals surface area contributed by atoms with E-state index in [4.69, 9.17) is 4.74 Å². The van der Waals surface area contributed by atoms with Crippen LogP contribution in [0.1, 0.15) is 21.5 Å². The largest absolute Gasteiger partial charge is 0.477 e. The number of aromatic carboxylic acids is 1. The maximum Gasteiger partial charge on any atom is 0.341 e. The molecule has 7 nitrogen and oxygen atoms in total. The molecule has 0 saturated carbocycles. The van der Waals surface area contributed by atoms with Crippen LogP contribution in [0.2, 0.25) is 0 Å². The van der Waals surface area contributed by atoms with E-state index in [-0.39, 0.29) is 17.1 Å². The van der Waals surface area contributed by atoms with Crippen LogP contribution < -0.4 is 4.74 Å². The molecule has 1 N–H and O–H groups in total. The number of aromatic nitrogens is 1. The molecular weight excluding hydrogens is 276 g/mol. The van der Waals surface area contributed by atoms with Gasteiger partial charge in [-0.2, -0.15) is 0 Å². The van der Waals surface area contributed by atoms with Crippen LogP contribution in [0.4, 0.5) is 5.69 Å². The number of hydrogen-bond acceptors (Lipinski definition) is 5. The highest BCUT2D eigenvalue weighted by atomic mass is 16.6. The molecule has 0 amide bonds. The van der Waals surface area contributed by atoms with Crippen LogP contribution in [0.25, 0.3) is 0 Å². The van der Waals surface area contributed by atoms with Crippen molar-refractivity contribution < 1.29 is 19.6 Å². The number of nitro benzene ring substituents is 1. The van der Waals surface area contributed by atoms with E-state index in [2.05, 4.69) is 4.98 Å². The molecule has 0 saturated heterocycles. The van der Waals surface area contributed by atoms with Crippen LogP contribution in [-0.2, 0) is 0 Å². The summed E-state index contributed by atoms with van der Waals surface area (Å²) in [6.45, 7) is 3.21. The first-order valence-electron chi connectivity index (χ1n) is 6.02. The minimum Gasteiger partial charge on any atom is -0.477 e. The molecule has 0 fully saturated rings. The van der Waals surface area contributed by atoms with Gasteiger partial charge >= 0.3 is 5.97 Å². The molecule has 2 aromatic rings. The number of carboxylic acid groups (broad SMARTS) is 1. The second-order valence-electron chi connectivity index (χ2n) is 4.42. The molecule has 0 aliphatic heterocycles. The van der Waals surface area contributed by atoms with Gasteiger partial charge in [0.05, 0.1) is 4.92 Å². The summed E-state index contributed by atoms with van der Waals surface area (Å²) in [5.74, 6) is -0.899. The molecule has 1 aromatic carbocycles. The summed E-state index contributed by atoms with van der Waals surface area (Å²) in [4.78, 5) is 25.4. The monoisotopic (exact) mass is 288 g/mol. The number of nitro groups is 1. The zero-order valence-corrected chi connectivity index (χ0v) is 11.4. The fourth-order valence-corrected chi connectivity index (χ4v) is 1.88. The van der Waals surface area contributed by atoms with Crippen LogP contribution in [0.15, 0.2) is 30.5 Å².